The molecule has 2 aromatic carbocycles. The third kappa shape index (κ3) is 8.45. The van der Waals surface area contributed by atoms with Crippen molar-refractivity contribution in [2.45, 2.75) is 52.1 Å². The van der Waals surface area contributed by atoms with Crippen LogP contribution >= 0.6 is 23.2 Å². The Morgan fingerprint density at radius 2 is 1.73 bits per heavy atom. The summed E-state index contributed by atoms with van der Waals surface area (Å²) in [6.07, 6.45) is 2.11. The van der Waals surface area contributed by atoms with E-state index in [1.807, 2.05) is 44.2 Å². The Morgan fingerprint density at radius 3 is 2.33 bits per heavy atom. The van der Waals surface area contributed by atoms with Gasteiger partial charge in [0.1, 0.15) is 17.5 Å². The zero-order valence-electron chi connectivity index (χ0n) is 19.4. The molecule has 0 fully saturated rings. The number of ether oxygens (including phenoxy) is 2. The van der Waals surface area contributed by atoms with Gasteiger partial charge in [-0.1, -0.05) is 43.1 Å². The largest absolute Gasteiger partial charge is 0.497 e. The molecule has 0 radical (unpaired) electrons. The molecule has 0 bridgehead atoms. The van der Waals surface area contributed by atoms with Crippen LogP contribution in [0.25, 0.3) is 0 Å². The summed E-state index contributed by atoms with van der Waals surface area (Å²) < 4.78 is 10.9. The quantitative estimate of drug-likeness (QED) is 0.373. The number of carbonyl (C=O) groups is 2. The van der Waals surface area contributed by atoms with Crippen LogP contribution in [-0.4, -0.2) is 43.0 Å². The zero-order chi connectivity index (χ0) is 24.2. The van der Waals surface area contributed by atoms with Crippen molar-refractivity contribution in [1.82, 2.24) is 10.2 Å². The van der Waals surface area contributed by atoms with Crippen molar-refractivity contribution in [3.05, 3.63) is 58.1 Å². The first-order chi connectivity index (χ1) is 15.9. The molecule has 2 amide bonds. The van der Waals surface area contributed by atoms with Crippen LogP contribution in [0.15, 0.2) is 42.5 Å². The second kappa shape index (κ2) is 14.0. The highest BCUT2D eigenvalue weighted by Crippen LogP contribution is 2.24. The predicted octanol–water partition coefficient (Wildman–Crippen LogP) is 5.49. The summed E-state index contributed by atoms with van der Waals surface area (Å²) in [5.41, 5.74) is 0.814. The first kappa shape index (κ1) is 26.8. The van der Waals surface area contributed by atoms with Gasteiger partial charge in [-0.15, -0.1) is 0 Å². The monoisotopic (exact) mass is 494 g/mol. The standard InChI is InChI=1S/C25H32Cl2N2O4/c1-4-14-28-25(31)23(5-2)29(17-18-8-13-21(26)22(27)16-18)24(30)7-6-15-33-20-11-9-19(32-3)10-12-20/h8-13,16,23H,4-7,14-15,17H2,1-3H3,(H,28,31)/t23-/m0/s1. The third-order valence-corrected chi connectivity index (χ3v) is 5.87. The molecule has 1 atom stereocenters. The number of hydrogen-bond donors (Lipinski definition) is 1. The van der Waals surface area contributed by atoms with Gasteiger partial charge in [0.05, 0.1) is 23.8 Å². The van der Waals surface area contributed by atoms with Crippen molar-refractivity contribution in [2.24, 2.45) is 0 Å². The molecule has 8 heteroatoms. The van der Waals surface area contributed by atoms with Crippen molar-refractivity contribution < 1.29 is 19.1 Å². The molecular formula is C25H32Cl2N2O4. The van der Waals surface area contributed by atoms with Crippen molar-refractivity contribution >= 4 is 35.0 Å². The Balaban J connectivity index is 2.05. The number of benzene rings is 2. The minimum atomic E-state index is -0.569. The van der Waals surface area contributed by atoms with E-state index in [9.17, 15) is 9.59 Å². The Labute approximate surface area is 206 Å². The molecule has 2 rings (SSSR count). The van der Waals surface area contributed by atoms with Gasteiger partial charge >= 0.3 is 0 Å². The molecule has 0 saturated carbocycles. The number of hydrogen-bond acceptors (Lipinski definition) is 4. The molecule has 0 heterocycles. The van der Waals surface area contributed by atoms with Gasteiger partial charge < -0.3 is 19.7 Å². The molecule has 0 aliphatic carbocycles. The maximum atomic E-state index is 13.2. The van der Waals surface area contributed by atoms with E-state index in [4.69, 9.17) is 32.7 Å². The average molecular weight is 495 g/mol. The van der Waals surface area contributed by atoms with E-state index in [2.05, 4.69) is 5.32 Å². The summed E-state index contributed by atoms with van der Waals surface area (Å²) >= 11 is 12.2. The molecule has 33 heavy (non-hydrogen) atoms. The summed E-state index contributed by atoms with van der Waals surface area (Å²) in [5.74, 6) is 1.20. The predicted molar refractivity (Wildman–Crippen MR) is 132 cm³/mol. The molecular weight excluding hydrogens is 463 g/mol. The van der Waals surface area contributed by atoms with E-state index >= 15 is 0 Å². The van der Waals surface area contributed by atoms with Crippen LogP contribution in [0.2, 0.25) is 10.0 Å². The van der Waals surface area contributed by atoms with E-state index in [0.29, 0.717) is 41.8 Å². The fourth-order valence-corrected chi connectivity index (χ4v) is 3.67. The minimum Gasteiger partial charge on any atom is -0.497 e. The van der Waals surface area contributed by atoms with Crippen LogP contribution in [0.1, 0.15) is 45.1 Å². The first-order valence-electron chi connectivity index (χ1n) is 11.2. The summed E-state index contributed by atoms with van der Waals surface area (Å²) in [4.78, 5) is 27.6. The Kier molecular flexibility index (Phi) is 11.3. The molecule has 0 spiro atoms. The van der Waals surface area contributed by atoms with E-state index in [-0.39, 0.29) is 24.8 Å². The van der Waals surface area contributed by atoms with Gasteiger partial charge in [0.15, 0.2) is 0 Å². The van der Waals surface area contributed by atoms with Gasteiger partial charge in [0, 0.05) is 19.5 Å². The molecule has 0 saturated heterocycles. The summed E-state index contributed by atoms with van der Waals surface area (Å²) in [7, 11) is 1.61. The summed E-state index contributed by atoms with van der Waals surface area (Å²) in [6.45, 7) is 5.12. The Bertz CT molecular complexity index is 906. The maximum Gasteiger partial charge on any atom is 0.242 e. The highest BCUT2D eigenvalue weighted by atomic mass is 35.5. The lowest BCUT2D eigenvalue weighted by Gasteiger charge is -2.31. The van der Waals surface area contributed by atoms with Gasteiger partial charge in [-0.2, -0.15) is 0 Å². The number of halogens is 2. The lowest BCUT2D eigenvalue weighted by atomic mass is 10.1. The minimum absolute atomic E-state index is 0.113. The van der Waals surface area contributed by atoms with E-state index in [1.165, 1.54) is 0 Å². The zero-order valence-corrected chi connectivity index (χ0v) is 20.9. The average Bonchev–Trinajstić information content (AvgIpc) is 2.82. The smallest absolute Gasteiger partial charge is 0.242 e. The maximum absolute atomic E-state index is 13.2. The van der Waals surface area contributed by atoms with Crippen molar-refractivity contribution in [3.8, 4) is 11.5 Å². The third-order valence-electron chi connectivity index (χ3n) is 5.14. The van der Waals surface area contributed by atoms with Crippen LogP contribution in [0.5, 0.6) is 11.5 Å². The number of nitrogens with zero attached hydrogens (tertiary/aromatic N) is 1. The second-order valence-electron chi connectivity index (χ2n) is 7.61. The van der Waals surface area contributed by atoms with Gasteiger partial charge in [-0.05, 0) is 61.2 Å². The van der Waals surface area contributed by atoms with Crippen LogP contribution in [0, 0.1) is 0 Å². The van der Waals surface area contributed by atoms with Gasteiger partial charge in [0.2, 0.25) is 11.8 Å². The normalized spacial score (nSPS) is 11.5. The molecule has 2 aromatic rings. The number of nitrogens with one attached hydrogen (secondary N) is 1. The number of rotatable bonds is 13. The highest BCUT2D eigenvalue weighted by molar-refractivity contribution is 6.42. The fraction of sp³-hybridized carbons (Fsp3) is 0.440. The van der Waals surface area contributed by atoms with Gasteiger partial charge in [-0.3, -0.25) is 9.59 Å². The Morgan fingerprint density at radius 1 is 1.03 bits per heavy atom. The van der Waals surface area contributed by atoms with Gasteiger partial charge in [0.25, 0.3) is 0 Å². The van der Waals surface area contributed by atoms with E-state index in [0.717, 1.165) is 17.7 Å². The van der Waals surface area contributed by atoms with Crippen molar-refractivity contribution in [3.63, 3.8) is 0 Å². The molecule has 1 N–H and O–H groups in total. The number of amides is 2. The van der Waals surface area contributed by atoms with Gasteiger partial charge in [-0.25, -0.2) is 0 Å². The fourth-order valence-electron chi connectivity index (χ4n) is 3.35. The van der Waals surface area contributed by atoms with E-state index < -0.39 is 6.04 Å². The van der Waals surface area contributed by atoms with E-state index in [1.54, 1.807) is 24.1 Å². The van der Waals surface area contributed by atoms with Crippen LogP contribution in [-0.2, 0) is 16.1 Å². The second-order valence-corrected chi connectivity index (χ2v) is 8.43. The van der Waals surface area contributed by atoms with Crippen molar-refractivity contribution in [2.75, 3.05) is 20.3 Å². The summed E-state index contributed by atoms with van der Waals surface area (Å²) in [6, 6.07) is 12.0. The number of carbonyl (C=O) groups excluding carboxylic acids is 2. The lowest BCUT2D eigenvalue weighted by Crippen LogP contribution is -2.49. The molecule has 6 nitrogen and oxygen atoms in total. The molecule has 0 unspecified atom stereocenters. The molecule has 0 aromatic heterocycles. The van der Waals surface area contributed by atoms with Crippen LogP contribution in [0.4, 0.5) is 0 Å². The first-order valence-corrected chi connectivity index (χ1v) is 11.9. The topological polar surface area (TPSA) is 67.9 Å². The summed E-state index contributed by atoms with van der Waals surface area (Å²) in [5, 5.41) is 3.77. The lowest BCUT2D eigenvalue weighted by molar-refractivity contribution is -0.141. The van der Waals surface area contributed by atoms with Crippen LogP contribution < -0.4 is 14.8 Å². The highest BCUT2D eigenvalue weighted by Gasteiger charge is 2.28. The molecule has 0 aliphatic heterocycles. The van der Waals surface area contributed by atoms with Crippen molar-refractivity contribution in [1.29, 1.82) is 0 Å². The molecule has 0 aliphatic rings. The Hall–Kier alpha value is -2.44. The van der Waals surface area contributed by atoms with Crippen LogP contribution in [0.3, 0.4) is 0 Å². The number of methoxy groups -OCH3 is 1. The SMILES string of the molecule is CCCNC(=O)[C@H](CC)N(Cc1ccc(Cl)c(Cl)c1)C(=O)CCCOc1ccc(OC)cc1. The molecule has 180 valence electrons.